The summed E-state index contributed by atoms with van der Waals surface area (Å²) in [6, 6.07) is 5.79. The number of carbonyl (C=O) groups is 1. The second-order valence-corrected chi connectivity index (χ2v) is 7.82. The molecule has 2 aliphatic heterocycles. The molecule has 0 spiro atoms. The van der Waals surface area contributed by atoms with Crippen molar-refractivity contribution in [3.8, 4) is 11.5 Å². The van der Waals surface area contributed by atoms with E-state index in [9.17, 15) is 4.79 Å². The van der Waals surface area contributed by atoms with Crippen molar-refractivity contribution in [3.05, 3.63) is 39.8 Å². The summed E-state index contributed by atoms with van der Waals surface area (Å²) >= 11 is 1.74. The standard InChI is InChI=1S/C18H18N2O3S/c1-9-2-4-11-14(6-9)24-18-15(11)17(21)19-16(20-18)10-3-5-12-13(7-10)23-8-22-12/h3,5,7,9,16,20H,2,4,6,8H2,1H3,(H,19,21)/t9-,16+/m0/s1. The number of ether oxygens (including phenoxy) is 2. The normalized spacial score (nSPS) is 24.0. The molecule has 0 saturated carbocycles. The molecule has 5 rings (SSSR count). The summed E-state index contributed by atoms with van der Waals surface area (Å²) in [5.41, 5.74) is 3.08. The number of fused-ring (bicyclic) bond motifs is 4. The van der Waals surface area contributed by atoms with Crippen LogP contribution < -0.4 is 20.1 Å². The molecule has 1 aromatic heterocycles. The fourth-order valence-corrected chi connectivity index (χ4v) is 5.16. The summed E-state index contributed by atoms with van der Waals surface area (Å²) < 4.78 is 10.8. The Morgan fingerprint density at radius 3 is 3.00 bits per heavy atom. The lowest BCUT2D eigenvalue weighted by atomic mass is 9.88. The molecule has 0 saturated heterocycles. The second kappa shape index (κ2) is 5.14. The highest BCUT2D eigenvalue weighted by molar-refractivity contribution is 7.16. The van der Waals surface area contributed by atoms with Gasteiger partial charge in [0.25, 0.3) is 5.91 Å². The molecule has 2 aromatic rings. The predicted molar refractivity (Wildman–Crippen MR) is 91.9 cm³/mol. The minimum absolute atomic E-state index is 0.0264. The van der Waals surface area contributed by atoms with Crippen LogP contribution in [0.5, 0.6) is 11.5 Å². The number of nitrogens with one attached hydrogen (secondary N) is 2. The van der Waals surface area contributed by atoms with Gasteiger partial charge in [0.2, 0.25) is 6.79 Å². The zero-order chi connectivity index (χ0) is 16.3. The van der Waals surface area contributed by atoms with Crippen molar-refractivity contribution in [1.29, 1.82) is 0 Å². The minimum Gasteiger partial charge on any atom is -0.454 e. The van der Waals surface area contributed by atoms with Crippen LogP contribution in [0, 0.1) is 5.92 Å². The molecule has 2 N–H and O–H groups in total. The van der Waals surface area contributed by atoms with E-state index in [1.807, 2.05) is 18.2 Å². The first-order valence-corrected chi connectivity index (χ1v) is 9.12. The van der Waals surface area contributed by atoms with Crippen molar-refractivity contribution < 1.29 is 14.3 Å². The quantitative estimate of drug-likeness (QED) is 0.833. The number of hydrogen-bond acceptors (Lipinski definition) is 5. The van der Waals surface area contributed by atoms with Crippen molar-refractivity contribution in [2.45, 2.75) is 32.4 Å². The fraction of sp³-hybridized carbons (Fsp3) is 0.389. The van der Waals surface area contributed by atoms with E-state index in [0.29, 0.717) is 5.92 Å². The first kappa shape index (κ1) is 14.2. The van der Waals surface area contributed by atoms with Crippen LogP contribution >= 0.6 is 11.3 Å². The van der Waals surface area contributed by atoms with Gasteiger partial charge in [-0.2, -0.15) is 0 Å². The van der Waals surface area contributed by atoms with Gasteiger partial charge in [0, 0.05) is 4.88 Å². The summed E-state index contributed by atoms with van der Waals surface area (Å²) in [6.45, 7) is 2.54. The molecule has 2 atom stereocenters. The Hall–Kier alpha value is -2.21. The number of anilines is 1. The third-order valence-corrected chi connectivity index (χ3v) is 6.21. The monoisotopic (exact) mass is 342 g/mol. The zero-order valence-electron chi connectivity index (χ0n) is 13.3. The van der Waals surface area contributed by atoms with Gasteiger partial charge in [-0.3, -0.25) is 4.79 Å². The lowest BCUT2D eigenvalue weighted by Crippen LogP contribution is -2.38. The molecule has 3 aliphatic rings. The highest BCUT2D eigenvalue weighted by atomic mass is 32.1. The lowest BCUT2D eigenvalue weighted by molar-refractivity contribution is 0.0935. The number of hydrogen-bond donors (Lipinski definition) is 2. The molecule has 0 radical (unpaired) electrons. The predicted octanol–water partition coefficient (Wildman–Crippen LogP) is 3.46. The first-order valence-electron chi connectivity index (χ1n) is 8.30. The minimum atomic E-state index is -0.239. The maximum Gasteiger partial charge on any atom is 0.256 e. The summed E-state index contributed by atoms with van der Waals surface area (Å²) in [5, 5.41) is 7.59. The first-order chi connectivity index (χ1) is 11.7. The third kappa shape index (κ3) is 2.09. The van der Waals surface area contributed by atoms with Crippen molar-refractivity contribution in [3.63, 3.8) is 0 Å². The lowest BCUT2D eigenvalue weighted by Gasteiger charge is -2.27. The van der Waals surface area contributed by atoms with E-state index in [1.54, 1.807) is 11.3 Å². The largest absolute Gasteiger partial charge is 0.454 e. The van der Waals surface area contributed by atoms with E-state index in [4.69, 9.17) is 9.47 Å². The van der Waals surface area contributed by atoms with Crippen molar-refractivity contribution in [1.82, 2.24) is 5.32 Å². The van der Waals surface area contributed by atoms with Crippen LogP contribution in [-0.4, -0.2) is 12.7 Å². The van der Waals surface area contributed by atoms with Crippen LogP contribution in [0.3, 0.4) is 0 Å². The van der Waals surface area contributed by atoms with Gasteiger partial charge < -0.3 is 20.1 Å². The average Bonchev–Trinajstić information content (AvgIpc) is 3.17. The Morgan fingerprint density at radius 1 is 1.21 bits per heavy atom. The number of benzene rings is 1. The summed E-state index contributed by atoms with van der Waals surface area (Å²) in [5.74, 6) is 2.21. The van der Waals surface area contributed by atoms with Gasteiger partial charge >= 0.3 is 0 Å². The topological polar surface area (TPSA) is 59.6 Å². The van der Waals surface area contributed by atoms with Crippen LogP contribution in [0.1, 0.15) is 45.9 Å². The molecule has 24 heavy (non-hydrogen) atoms. The van der Waals surface area contributed by atoms with E-state index >= 15 is 0 Å². The van der Waals surface area contributed by atoms with Crippen LogP contribution in [-0.2, 0) is 12.8 Å². The smallest absolute Gasteiger partial charge is 0.256 e. The SMILES string of the molecule is C[C@H]1CCc2c(sc3c2C(=O)N[C@@H](c2ccc4c(c2)OCO4)N3)C1. The van der Waals surface area contributed by atoms with Gasteiger partial charge in [0.1, 0.15) is 11.2 Å². The fourth-order valence-electron chi connectivity index (χ4n) is 3.72. The molecule has 124 valence electrons. The molecule has 1 aliphatic carbocycles. The van der Waals surface area contributed by atoms with Gasteiger partial charge in [-0.25, -0.2) is 0 Å². The second-order valence-electron chi connectivity index (χ2n) is 6.72. The van der Waals surface area contributed by atoms with Crippen LogP contribution in [0.15, 0.2) is 18.2 Å². The van der Waals surface area contributed by atoms with Gasteiger partial charge in [0.05, 0.1) is 5.56 Å². The molecule has 6 heteroatoms. The van der Waals surface area contributed by atoms with E-state index in [1.165, 1.54) is 10.4 Å². The van der Waals surface area contributed by atoms with E-state index in [2.05, 4.69) is 17.6 Å². The van der Waals surface area contributed by atoms with Crippen LogP contribution in [0.4, 0.5) is 5.00 Å². The van der Waals surface area contributed by atoms with Gasteiger partial charge in [-0.15, -0.1) is 11.3 Å². The van der Waals surface area contributed by atoms with Crippen molar-refractivity contribution in [2.24, 2.45) is 5.92 Å². The summed E-state index contributed by atoms with van der Waals surface area (Å²) in [7, 11) is 0. The maximum absolute atomic E-state index is 12.7. The third-order valence-electron chi connectivity index (χ3n) is 5.02. The Bertz CT molecular complexity index is 845. The zero-order valence-corrected chi connectivity index (χ0v) is 14.2. The van der Waals surface area contributed by atoms with Gasteiger partial charge in [0.15, 0.2) is 11.5 Å². The number of rotatable bonds is 1. The summed E-state index contributed by atoms with van der Waals surface area (Å²) in [6.07, 6.45) is 3.01. The van der Waals surface area contributed by atoms with Gasteiger partial charge in [-0.1, -0.05) is 13.0 Å². The molecule has 1 aromatic carbocycles. The molecule has 0 unspecified atom stereocenters. The summed E-state index contributed by atoms with van der Waals surface area (Å²) in [4.78, 5) is 14.1. The Labute approximate surface area is 144 Å². The molecule has 0 bridgehead atoms. The maximum atomic E-state index is 12.7. The Kier molecular flexibility index (Phi) is 3.03. The number of carbonyl (C=O) groups excluding carboxylic acids is 1. The molecular formula is C18H18N2O3S. The van der Waals surface area contributed by atoms with Gasteiger partial charge in [-0.05, 0) is 48.4 Å². The average molecular weight is 342 g/mol. The Balaban J connectivity index is 1.50. The number of amides is 1. The highest BCUT2D eigenvalue weighted by Crippen LogP contribution is 2.43. The van der Waals surface area contributed by atoms with E-state index in [0.717, 1.165) is 46.9 Å². The van der Waals surface area contributed by atoms with Crippen molar-refractivity contribution >= 4 is 22.2 Å². The molecule has 1 amide bonds. The Morgan fingerprint density at radius 2 is 2.08 bits per heavy atom. The highest BCUT2D eigenvalue weighted by Gasteiger charge is 2.33. The van der Waals surface area contributed by atoms with Crippen LogP contribution in [0.2, 0.25) is 0 Å². The van der Waals surface area contributed by atoms with E-state index < -0.39 is 0 Å². The van der Waals surface area contributed by atoms with Crippen LogP contribution in [0.25, 0.3) is 0 Å². The molecule has 3 heterocycles. The van der Waals surface area contributed by atoms with Crippen molar-refractivity contribution in [2.75, 3.05) is 12.1 Å². The molecule has 5 nitrogen and oxygen atoms in total. The number of thiophene rings is 1. The molecule has 0 fully saturated rings. The van der Waals surface area contributed by atoms with E-state index in [-0.39, 0.29) is 18.9 Å². The molecular weight excluding hydrogens is 324 g/mol.